The van der Waals surface area contributed by atoms with Crippen LogP contribution in [0.25, 0.3) is 10.8 Å². The van der Waals surface area contributed by atoms with Gasteiger partial charge in [-0.3, -0.25) is 4.79 Å². The van der Waals surface area contributed by atoms with Crippen molar-refractivity contribution in [1.82, 2.24) is 9.88 Å². The van der Waals surface area contributed by atoms with Crippen LogP contribution in [0.3, 0.4) is 0 Å². The van der Waals surface area contributed by atoms with Crippen LogP contribution >= 0.6 is 11.3 Å². The first kappa shape index (κ1) is 20.6. The van der Waals surface area contributed by atoms with Crippen molar-refractivity contribution in [3.05, 3.63) is 58.8 Å². The summed E-state index contributed by atoms with van der Waals surface area (Å²) in [5, 5.41) is 2.31. The van der Waals surface area contributed by atoms with Crippen molar-refractivity contribution < 1.29 is 22.4 Å². The first-order valence-electron chi connectivity index (χ1n) is 9.51. The monoisotopic (exact) mass is 446 g/mol. The van der Waals surface area contributed by atoms with Gasteiger partial charge in [-0.1, -0.05) is 12.1 Å². The lowest BCUT2D eigenvalue weighted by molar-refractivity contribution is 0.0675. The minimum atomic E-state index is -3.14. The minimum Gasteiger partial charge on any atom is -0.497 e. The molecule has 1 atom stereocenters. The molecule has 1 unspecified atom stereocenters. The van der Waals surface area contributed by atoms with E-state index in [1.54, 1.807) is 17.4 Å². The van der Waals surface area contributed by atoms with Crippen molar-refractivity contribution >= 4 is 27.1 Å². The molecule has 158 valence electrons. The van der Waals surface area contributed by atoms with E-state index in [0.29, 0.717) is 29.4 Å². The van der Waals surface area contributed by atoms with Gasteiger partial charge in [0.05, 0.1) is 18.6 Å². The van der Waals surface area contributed by atoms with E-state index in [-0.39, 0.29) is 23.5 Å². The van der Waals surface area contributed by atoms with Crippen molar-refractivity contribution in [1.29, 1.82) is 0 Å². The molecule has 0 radical (unpaired) electrons. The molecule has 3 heterocycles. The largest absolute Gasteiger partial charge is 0.497 e. The van der Waals surface area contributed by atoms with E-state index in [1.165, 1.54) is 11.3 Å². The van der Waals surface area contributed by atoms with E-state index in [4.69, 9.17) is 9.15 Å². The number of furan rings is 1. The number of amides is 1. The Balaban J connectivity index is 1.61. The molecule has 7 nitrogen and oxygen atoms in total. The van der Waals surface area contributed by atoms with Crippen molar-refractivity contribution in [3.63, 3.8) is 0 Å². The van der Waals surface area contributed by atoms with Crippen LogP contribution in [0.15, 0.2) is 46.2 Å². The van der Waals surface area contributed by atoms with Gasteiger partial charge in [-0.05, 0) is 43.2 Å². The Labute approximate surface area is 179 Å². The third kappa shape index (κ3) is 4.41. The standard InChI is InChI=1S/C21H22N2O5S2/c1-14-3-8-19(28-14)20-22-18(12-29-20)21(24)23(16-9-10-30(25,26)13-16)11-15-4-6-17(27-2)7-5-15/h3-8,12,16H,9-11,13H2,1-2H3. The number of rotatable bonds is 6. The molecule has 3 aromatic rings. The summed E-state index contributed by atoms with van der Waals surface area (Å²) in [6.45, 7) is 2.15. The minimum absolute atomic E-state index is 0.0245. The van der Waals surface area contributed by atoms with Crippen molar-refractivity contribution in [3.8, 4) is 16.5 Å². The Bertz CT molecular complexity index is 1150. The number of benzene rings is 1. The number of thiazole rings is 1. The van der Waals surface area contributed by atoms with E-state index in [0.717, 1.165) is 17.1 Å². The highest BCUT2D eigenvalue weighted by atomic mass is 32.2. The number of nitrogens with zero attached hydrogens (tertiary/aromatic N) is 2. The molecule has 0 aliphatic carbocycles. The highest BCUT2D eigenvalue weighted by molar-refractivity contribution is 7.91. The molecule has 1 fully saturated rings. The molecule has 0 N–H and O–H groups in total. The average molecular weight is 447 g/mol. The number of hydrogen-bond donors (Lipinski definition) is 0. The fourth-order valence-corrected chi connectivity index (χ4v) is 5.98. The third-order valence-corrected chi connectivity index (χ3v) is 7.70. The third-order valence-electron chi connectivity index (χ3n) is 5.10. The lowest BCUT2D eigenvalue weighted by atomic mass is 10.1. The maximum atomic E-state index is 13.3. The van der Waals surface area contributed by atoms with Crippen molar-refractivity contribution in [2.24, 2.45) is 0 Å². The summed E-state index contributed by atoms with van der Waals surface area (Å²) in [6.07, 6.45) is 0.429. The molecule has 4 rings (SSSR count). The normalized spacial score (nSPS) is 17.7. The SMILES string of the molecule is COc1ccc(CN(C(=O)c2csc(-c3ccc(C)o3)n2)C2CCS(=O)(=O)C2)cc1. The lowest BCUT2D eigenvalue weighted by Gasteiger charge is -2.28. The molecule has 1 aliphatic heterocycles. The van der Waals surface area contributed by atoms with Gasteiger partial charge >= 0.3 is 0 Å². The van der Waals surface area contributed by atoms with E-state index in [2.05, 4.69) is 4.98 Å². The van der Waals surface area contributed by atoms with Gasteiger partial charge in [-0.25, -0.2) is 13.4 Å². The summed E-state index contributed by atoms with van der Waals surface area (Å²) in [6, 6.07) is 10.7. The highest BCUT2D eigenvalue weighted by Crippen LogP contribution is 2.28. The molecule has 9 heteroatoms. The number of aryl methyl sites for hydroxylation is 1. The molecule has 1 aromatic carbocycles. The number of carbonyl (C=O) groups excluding carboxylic acids is 1. The van der Waals surface area contributed by atoms with Gasteiger partial charge in [-0.2, -0.15) is 0 Å². The predicted molar refractivity (Wildman–Crippen MR) is 114 cm³/mol. The fourth-order valence-electron chi connectivity index (χ4n) is 3.50. The molecule has 30 heavy (non-hydrogen) atoms. The Morgan fingerprint density at radius 2 is 2.03 bits per heavy atom. The van der Waals surface area contributed by atoms with Crippen LogP contribution in [-0.4, -0.2) is 48.9 Å². The zero-order valence-electron chi connectivity index (χ0n) is 16.7. The van der Waals surface area contributed by atoms with Crippen LogP contribution in [0.2, 0.25) is 0 Å². The van der Waals surface area contributed by atoms with Gasteiger partial charge in [0, 0.05) is 18.0 Å². The number of aromatic nitrogens is 1. The smallest absolute Gasteiger partial charge is 0.273 e. The molecule has 0 bridgehead atoms. The second-order valence-electron chi connectivity index (χ2n) is 7.29. The first-order valence-corrected chi connectivity index (χ1v) is 12.2. The summed E-state index contributed by atoms with van der Waals surface area (Å²) < 4.78 is 34.9. The summed E-state index contributed by atoms with van der Waals surface area (Å²) in [4.78, 5) is 19.4. The molecule has 0 saturated carbocycles. The number of methoxy groups -OCH3 is 1. The van der Waals surface area contributed by atoms with Crippen molar-refractivity contribution in [2.75, 3.05) is 18.6 Å². The first-order chi connectivity index (χ1) is 14.3. The summed E-state index contributed by atoms with van der Waals surface area (Å²) in [7, 11) is -1.55. The maximum Gasteiger partial charge on any atom is 0.273 e. The maximum absolute atomic E-state index is 13.3. The number of hydrogen-bond acceptors (Lipinski definition) is 7. The Kier molecular flexibility index (Phi) is 5.66. The highest BCUT2D eigenvalue weighted by Gasteiger charge is 2.35. The van der Waals surface area contributed by atoms with Gasteiger partial charge in [0.25, 0.3) is 5.91 Å². The number of carbonyl (C=O) groups is 1. The van der Waals surface area contributed by atoms with Crippen molar-refractivity contribution in [2.45, 2.75) is 25.9 Å². The van der Waals surface area contributed by atoms with E-state index >= 15 is 0 Å². The Morgan fingerprint density at radius 3 is 2.63 bits per heavy atom. The van der Waals surface area contributed by atoms with E-state index in [9.17, 15) is 13.2 Å². The quantitative estimate of drug-likeness (QED) is 0.575. The summed E-state index contributed by atoms with van der Waals surface area (Å²) in [5.41, 5.74) is 1.19. The Hall–Kier alpha value is -2.65. The molecule has 1 saturated heterocycles. The van der Waals surface area contributed by atoms with Gasteiger partial charge in [0.2, 0.25) is 0 Å². The fraction of sp³-hybridized carbons (Fsp3) is 0.333. The molecule has 1 amide bonds. The average Bonchev–Trinajstić information content (AvgIpc) is 3.45. The summed E-state index contributed by atoms with van der Waals surface area (Å²) >= 11 is 1.33. The zero-order valence-corrected chi connectivity index (χ0v) is 18.3. The van der Waals surface area contributed by atoms with E-state index < -0.39 is 9.84 Å². The van der Waals surface area contributed by atoms with E-state index in [1.807, 2.05) is 43.3 Å². The van der Waals surface area contributed by atoms with Gasteiger partial charge in [0.15, 0.2) is 20.6 Å². The van der Waals surface area contributed by atoms with Crippen LogP contribution in [-0.2, 0) is 16.4 Å². The van der Waals surface area contributed by atoms with Gasteiger partial charge in [-0.15, -0.1) is 11.3 Å². The summed E-state index contributed by atoms with van der Waals surface area (Å²) in [5.74, 6) is 1.89. The second kappa shape index (κ2) is 8.23. The molecular formula is C21H22N2O5S2. The predicted octanol–water partition coefficient (Wildman–Crippen LogP) is 3.55. The van der Waals surface area contributed by atoms with Crippen LogP contribution < -0.4 is 4.74 Å². The number of sulfone groups is 1. The van der Waals surface area contributed by atoms with Crippen LogP contribution in [0.1, 0.15) is 28.2 Å². The molecule has 0 spiro atoms. The van der Waals surface area contributed by atoms with Gasteiger partial charge in [0.1, 0.15) is 17.2 Å². The molecule has 2 aromatic heterocycles. The van der Waals surface area contributed by atoms with Crippen LogP contribution in [0, 0.1) is 6.92 Å². The topological polar surface area (TPSA) is 89.7 Å². The van der Waals surface area contributed by atoms with Crippen LogP contribution in [0.5, 0.6) is 5.75 Å². The Morgan fingerprint density at radius 1 is 1.27 bits per heavy atom. The lowest BCUT2D eigenvalue weighted by Crippen LogP contribution is -2.40. The molecular weight excluding hydrogens is 424 g/mol. The zero-order chi connectivity index (χ0) is 21.3. The van der Waals surface area contributed by atoms with Crippen LogP contribution in [0.4, 0.5) is 0 Å². The second-order valence-corrected chi connectivity index (χ2v) is 10.4. The van der Waals surface area contributed by atoms with Gasteiger partial charge < -0.3 is 14.1 Å². The molecule has 1 aliphatic rings. The number of ether oxygens (including phenoxy) is 1.